The van der Waals surface area contributed by atoms with Gasteiger partial charge in [-0.1, -0.05) is 0 Å². The molecule has 0 spiro atoms. The molecular formula is C10H13BrN4O2S2. The lowest BCUT2D eigenvalue weighted by Crippen LogP contribution is -2.24. The summed E-state index contributed by atoms with van der Waals surface area (Å²) < 4.78 is 27.8. The minimum absolute atomic E-state index is 0.109. The number of hydrogen-bond acceptors (Lipinski definition) is 5. The predicted molar refractivity (Wildman–Crippen MR) is 77.4 cm³/mol. The highest BCUT2D eigenvalue weighted by Gasteiger charge is 2.20. The van der Waals surface area contributed by atoms with Crippen LogP contribution in [0.4, 0.5) is 0 Å². The summed E-state index contributed by atoms with van der Waals surface area (Å²) in [5, 5.41) is 11.2. The first-order chi connectivity index (χ1) is 9.03. The standard InChI is InChI=1S/C10H13BrN4O2S2/c1-12-3-7-4-13-15-10(7)19(16,17)14-5-9-2-8(11)6-18-9/h2,4,6,12,14H,3,5H2,1H3,(H,13,15). The van der Waals surface area contributed by atoms with Gasteiger partial charge < -0.3 is 5.32 Å². The van der Waals surface area contributed by atoms with Crippen LogP contribution in [0.1, 0.15) is 10.4 Å². The predicted octanol–water partition coefficient (Wildman–Crippen LogP) is 1.43. The van der Waals surface area contributed by atoms with Gasteiger partial charge in [0.2, 0.25) is 0 Å². The molecule has 0 amide bonds. The molecule has 0 saturated heterocycles. The lowest BCUT2D eigenvalue weighted by molar-refractivity contribution is 0.575. The number of sulfonamides is 1. The minimum atomic E-state index is -3.58. The summed E-state index contributed by atoms with van der Waals surface area (Å²) in [5.74, 6) is 0. The maximum absolute atomic E-state index is 12.2. The average Bonchev–Trinajstić information content (AvgIpc) is 2.97. The summed E-state index contributed by atoms with van der Waals surface area (Å²) in [6.07, 6.45) is 1.51. The van der Waals surface area contributed by atoms with Crippen molar-refractivity contribution in [3.8, 4) is 0 Å². The van der Waals surface area contributed by atoms with Gasteiger partial charge in [0.25, 0.3) is 10.0 Å². The van der Waals surface area contributed by atoms with Crippen LogP contribution in [-0.4, -0.2) is 25.7 Å². The molecule has 2 aromatic rings. The van der Waals surface area contributed by atoms with Crippen LogP contribution in [0.3, 0.4) is 0 Å². The zero-order valence-electron chi connectivity index (χ0n) is 10.1. The number of nitrogens with zero attached hydrogens (tertiary/aromatic N) is 1. The van der Waals surface area contributed by atoms with Crippen molar-refractivity contribution in [1.82, 2.24) is 20.2 Å². The average molecular weight is 365 g/mol. The quantitative estimate of drug-likeness (QED) is 0.723. The number of hydrogen-bond donors (Lipinski definition) is 3. The van der Waals surface area contributed by atoms with E-state index >= 15 is 0 Å². The van der Waals surface area contributed by atoms with E-state index in [1.807, 2.05) is 11.4 Å². The molecule has 2 aromatic heterocycles. The maximum Gasteiger partial charge on any atom is 0.258 e. The van der Waals surface area contributed by atoms with E-state index in [0.29, 0.717) is 12.1 Å². The van der Waals surface area contributed by atoms with Crippen molar-refractivity contribution in [2.24, 2.45) is 0 Å². The van der Waals surface area contributed by atoms with Crippen LogP contribution in [0, 0.1) is 0 Å². The SMILES string of the molecule is CNCc1cn[nH]c1S(=O)(=O)NCc1cc(Br)cs1. The zero-order chi connectivity index (χ0) is 13.9. The topological polar surface area (TPSA) is 86.9 Å². The largest absolute Gasteiger partial charge is 0.316 e. The molecule has 0 unspecified atom stereocenters. The van der Waals surface area contributed by atoms with E-state index in [1.54, 1.807) is 7.05 Å². The monoisotopic (exact) mass is 364 g/mol. The van der Waals surface area contributed by atoms with Crippen LogP contribution in [-0.2, 0) is 23.1 Å². The summed E-state index contributed by atoms with van der Waals surface area (Å²) in [6, 6.07) is 1.88. The highest BCUT2D eigenvalue weighted by molar-refractivity contribution is 9.10. The van der Waals surface area contributed by atoms with E-state index in [4.69, 9.17) is 0 Å². The highest BCUT2D eigenvalue weighted by Crippen LogP contribution is 2.20. The van der Waals surface area contributed by atoms with E-state index in [2.05, 4.69) is 36.2 Å². The number of aromatic nitrogens is 2. The van der Waals surface area contributed by atoms with E-state index in [1.165, 1.54) is 17.5 Å². The summed E-state index contributed by atoms with van der Waals surface area (Å²) >= 11 is 4.82. The van der Waals surface area contributed by atoms with Crippen LogP contribution in [0.25, 0.3) is 0 Å². The Morgan fingerprint density at radius 3 is 2.89 bits per heavy atom. The van der Waals surface area contributed by atoms with Gasteiger partial charge in [0.15, 0.2) is 5.03 Å². The Balaban J connectivity index is 2.11. The van der Waals surface area contributed by atoms with Gasteiger partial charge in [0.1, 0.15) is 0 Å². The van der Waals surface area contributed by atoms with Crippen LogP contribution < -0.4 is 10.0 Å². The first-order valence-corrected chi connectivity index (χ1v) is 8.58. The number of thiophene rings is 1. The minimum Gasteiger partial charge on any atom is -0.316 e. The van der Waals surface area contributed by atoms with E-state index in [-0.39, 0.29) is 11.6 Å². The zero-order valence-corrected chi connectivity index (χ0v) is 13.3. The Kier molecular flexibility index (Phi) is 4.74. The summed E-state index contributed by atoms with van der Waals surface area (Å²) in [6.45, 7) is 0.702. The van der Waals surface area contributed by atoms with E-state index in [9.17, 15) is 8.42 Å². The van der Waals surface area contributed by atoms with Gasteiger partial charge in [-0.2, -0.15) is 5.10 Å². The summed E-state index contributed by atoms with van der Waals surface area (Å²) in [7, 11) is -1.83. The fraction of sp³-hybridized carbons (Fsp3) is 0.300. The molecular weight excluding hydrogens is 352 g/mol. The number of aromatic amines is 1. The number of rotatable bonds is 6. The molecule has 0 aromatic carbocycles. The van der Waals surface area contributed by atoms with Crippen molar-refractivity contribution in [2.45, 2.75) is 18.1 Å². The second kappa shape index (κ2) is 6.14. The fourth-order valence-corrected chi connectivity index (χ4v) is 4.15. The van der Waals surface area contributed by atoms with Crippen LogP contribution in [0.2, 0.25) is 0 Å². The Labute approximate surface area is 123 Å². The molecule has 0 aliphatic carbocycles. The van der Waals surface area contributed by atoms with Gasteiger partial charge >= 0.3 is 0 Å². The first-order valence-electron chi connectivity index (χ1n) is 5.42. The van der Waals surface area contributed by atoms with Crippen molar-refractivity contribution in [3.63, 3.8) is 0 Å². The van der Waals surface area contributed by atoms with Gasteiger partial charge in [-0.25, -0.2) is 13.1 Å². The molecule has 104 valence electrons. The van der Waals surface area contributed by atoms with Crippen molar-refractivity contribution < 1.29 is 8.42 Å². The molecule has 0 atom stereocenters. The third kappa shape index (κ3) is 3.63. The van der Waals surface area contributed by atoms with Crippen molar-refractivity contribution in [2.75, 3.05) is 7.05 Å². The fourth-order valence-electron chi connectivity index (χ4n) is 1.53. The van der Waals surface area contributed by atoms with Crippen LogP contribution in [0.5, 0.6) is 0 Å². The van der Waals surface area contributed by atoms with Gasteiger partial charge in [0.05, 0.1) is 6.20 Å². The van der Waals surface area contributed by atoms with Gasteiger partial charge in [-0.15, -0.1) is 11.3 Å². The Morgan fingerprint density at radius 1 is 1.47 bits per heavy atom. The van der Waals surface area contributed by atoms with E-state index < -0.39 is 10.0 Å². The molecule has 0 saturated carbocycles. The van der Waals surface area contributed by atoms with Crippen LogP contribution in [0.15, 0.2) is 27.1 Å². The lowest BCUT2D eigenvalue weighted by atomic mass is 10.4. The first kappa shape index (κ1) is 14.7. The molecule has 0 fully saturated rings. The smallest absolute Gasteiger partial charge is 0.258 e. The second-order valence-corrected chi connectivity index (χ2v) is 7.43. The van der Waals surface area contributed by atoms with Crippen molar-refractivity contribution in [3.05, 3.63) is 32.6 Å². The molecule has 0 radical (unpaired) electrons. The number of nitrogens with one attached hydrogen (secondary N) is 3. The third-order valence-corrected chi connectivity index (χ3v) is 5.49. The van der Waals surface area contributed by atoms with Crippen molar-refractivity contribution in [1.29, 1.82) is 0 Å². The normalized spacial score (nSPS) is 11.9. The molecule has 6 nitrogen and oxygen atoms in total. The van der Waals surface area contributed by atoms with Gasteiger partial charge in [0, 0.05) is 33.4 Å². The second-order valence-electron chi connectivity index (χ2n) is 3.81. The van der Waals surface area contributed by atoms with Crippen molar-refractivity contribution >= 4 is 37.3 Å². The Hall–Kier alpha value is -0.740. The molecule has 3 N–H and O–H groups in total. The number of halogens is 1. The molecule has 2 rings (SSSR count). The van der Waals surface area contributed by atoms with Gasteiger partial charge in [-0.05, 0) is 29.0 Å². The summed E-state index contributed by atoms with van der Waals surface area (Å²) in [5.41, 5.74) is 0.613. The lowest BCUT2D eigenvalue weighted by Gasteiger charge is -2.05. The summed E-state index contributed by atoms with van der Waals surface area (Å²) in [4.78, 5) is 0.935. The number of H-pyrrole nitrogens is 1. The molecule has 0 bridgehead atoms. The van der Waals surface area contributed by atoms with Crippen LogP contribution >= 0.6 is 27.3 Å². The molecule has 0 aliphatic rings. The molecule has 19 heavy (non-hydrogen) atoms. The Morgan fingerprint density at radius 2 is 2.26 bits per heavy atom. The highest BCUT2D eigenvalue weighted by atomic mass is 79.9. The third-order valence-electron chi connectivity index (χ3n) is 2.37. The molecule has 9 heteroatoms. The van der Waals surface area contributed by atoms with E-state index in [0.717, 1.165) is 9.35 Å². The maximum atomic E-state index is 12.2. The van der Waals surface area contributed by atoms with Gasteiger partial charge in [-0.3, -0.25) is 5.10 Å². The molecule has 2 heterocycles. The molecule has 0 aliphatic heterocycles. The Bertz CT molecular complexity index is 650.